The third-order valence-corrected chi connectivity index (χ3v) is 5.07. The largest absolute Gasteiger partial charge is 0.340 e. The van der Waals surface area contributed by atoms with Crippen LogP contribution >= 0.6 is 0 Å². The zero-order valence-electron chi connectivity index (χ0n) is 19.9. The number of anilines is 2. The monoisotopic (exact) mass is 406 g/mol. The minimum atomic E-state index is -2.23. The molecule has 1 N–H and O–H groups in total. The summed E-state index contributed by atoms with van der Waals surface area (Å²) in [5.41, 5.74) is 2.96. The molecule has 4 heterocycles. The van der Waals surface area contributed by atoms with E-state index in [0.29, 0.717) is 35.9 Å². The second-order valence-corrected chi connectivity index (χ2v) is 7.42. The van der Waals surface area contributed by atoms with Crippen LogP contribution in [0.5, 0.6) is 0 Å². The lowest BCUT2D eigenvalue weighted by molar-refractivity contribution is -0.132. The number of nitrogens with zero attached hydrogens (tertiary/aromatic N) is 6. The van der Waals surface area contributed by atoms with Gasteiger partial charge in [0.05, 0.1) is 23.8 Å². The Kier molecular flexibility index (Phi) is 4.66. The van der Waals surface area contributed by atoms with Crippen LogP contribution in [0.3, 0.4) is 0 Å². The van der Waals surface area contributed by atoms with Crippen LogP contribution in [0.2, 0.25) is 0 Å². The molecule has 0 radical (unpaired) electrons. The Morgan fingerprint density at radius 1 is 1.13 bits per heavy atom. The first-order valence-electron chi connectivity index (χ1n) is 11.3. The fourth-order valence-electron chi connectivity index (χ4n) is 3.58. The van der Waals surface area contributed by atoms with E-state index < -0.39 is 12.9 Å². The van der Waals surface area contributed by atoms with Crippen molar-refractivity contribution in [3.8, 4) is 11.4 Å². The summed E-state index contributed by atoms with van der Waals surface area (Å²) in [5, 5.41) is 3.27. The third-order valence-electron chi connectivity index (χ3n) is 5.07. The lowest BCUT2D eigenvalue weighted by atomic mass is 9.92. The van der Waals surface area contributed by atoms with E-state index in [1.54, 1.807) is 37.1 Å². The number of aryl methyl sites for hydroxylation is 1. The van der Waals surface area contributed by atoms with Crippen molar-refractivity contribution in [3.05, 3.63) is 54.5 Å². The summed E-state index contributed by atoms with van der Waals surface area (Å²) in [7, 11) is 0. The van der Waals surface area contributed by atoms with E-state index in [2.05, 4.69) is 20.3 Å². The molecule has 0 saturated carbocycles. The molecule has 0 aromatic carbocycles. The van der Waals surface area contributed by atoms with E-state index >= 15 is 0 Å². The Labute approximate surface area is 180 Å². The van der Waals surface area contributed by atoms with Crippen LogP contribution in [-0.2, 0) is 4.79 Å². The van der Waals surface area contributed by atoms with Crippen LogP contribution < -0.4 is 5.32 Å². The highest BCUT2D eigenvalue weighted by Crippen LogP contribution is 2.31. The zero-order chi connectivity index (χ0) is 23.6. The lowest BCUT2D eigenvalue weighted by Crippen LogP contribution is -2.44. The Bertz CT molecular complexity index is 1140. The fourth-order valence-corrected chi connectivity index (χ4v) is 3.58. The van der Waals surface area contributed by atoms with Crippen molar-refractivity contribution in [2.24, 2.45) is 0 Å². The maximum absolute atomic E-state index is 12.3. The molecule has 4 rings (SSSR count). The van der Waals surface area contributed by atoms with Gasteiger partial charge in [0.2, 0.25) is 5.91 Å². The molecule has 2 atom stereocenters. The SMILES string of the molecule is [2H]C([2H])([2H])[C@H]1CC[C@@H](c2nc(Nc3cncc(C)c3)cc(-c3cnccn3)n2)CN1C(C)=O. The third kappa shape index (κ3) is 4.42. The van der Waals surface area contributed by atoms with Gasteiger partial charge in [-0.2, -0.15) is 0 Å². The van der Waals surface area contributed by atoms with Gasteiger partial charge in [0, 0.05) is 54.2 Å². The van der Waals surface area contributed by atoms with Crippen molar-refractivity contribution >= 4 is 17.4 Å². The van der Waals surface area contributed by atoms with E-state index in [0.717, 1.165) is 11.3 Å². The second kappa shape index (κ2) is 8.52. The van der Waals surface area contributed by atoms with Gasteiger partial charge in [0.25, 0.3) is 0 Å². The van der Waals surface area contributed by atoms with Gasteiger partial charge in [-0.05, 0) is 38.2 Å². The molecule has 1 amide bonds. The summed E-state index contributed by atoms with van der Waals surface area (Å²) in [6, 6.07) is 2.94. The number of carbonyl (C=O) groups is 1. The van der Waals surface area contributed by atoms with Crippen molar-refractivity contribution in [3.63, 3.8) is 0 Å². The van der Waals surface area contributed by atoms with Crippen LogP contribution in [0.1, 0.15) is 48.0 Å². The molecule has 3 aromatic rings. The minimum absolute atomic E-state index is 0.208. The number of piperidine rings is 1. The molecule has 8 nitrogen and oxygen atoms in total. The highest BCUT2D eigenvalue weighted by molar-refractivity contribution is 5.73. The van der Waals surface area contributed by atoms with Gasteiger partial charge in [0.1, 0.15) is 17.3 Å². The van der Waals surface area contributed by atoms with Gasteiger partial charge in [-0.1, -0.05) is 0 Å². The van der Waals surface area contributed by atoms with Gasteiger partial charge >= 0.3 is 0 Å². The van der Waals surface area contributed by atoms with E-state index in [1.165, 1.54) is 11.8 Å². The quantitative estimate of drug-likeness (QED) is 0.708. The summed E-state index contributed by atoms with van der Waals surface area (Å²) in [6.07, 6.45) is 9.18. The summed E-state index contributed by atoms with van der Waals surface area (Å²) in [4.78, 5) is 35.8. The maximum atomic E-state index is 12.3. The molecule has 1 saturated heterocycles. The highest BCUT2D eigenvalue weighted by Gasteiger charge is 2.30. The first-order chi connectivity index (χ1) is 15.7. The summed E-state index contributed by atoms with van der Waals surface area (Å²) in [6.45, 7) is 1.36. The lowest BCUT2D eigenvalue weighted by Gasteiger charge is -2.37. The fraction of sp³-hybridized carbons (Fsp3) is 0.364. The topological polar surface area (TPSA) is 96.8 Å². The zero-order valence-corrected chi connectivity index (χ0v) is 16.9. The molecular weight excluding hydrogens is 378 g/mol. The number of hydrogen-bond donors (Lipinski definition) is 1. The number of nitrogens with one attached hydrogen (secondary N) is 1. The minimum Gasteiger partial charge on any atom is -0.340 e. The molecule has 0 aliphatic carbocycles. The Balaban J connectivity index is 1.70. The molecule has 154 valence electrons. The predicted molar refractivity (Wildman–Crippen MR) is 114 cm³/mol. The number of pyridine rings is 1. The van der Waals surface area contributed by atoms with Crippen LogP contribution in [-0.4, -0.2) is 48.3 Å². The Morgan fingerprint density at radius 3 is 2.77 bits per heavy atom. The van der Waals surface area contributed by atoms with E-state index in [9.17, 15) is 4.79 Å². The van der Waals surface area contributed by atoms with E-state index in [4.69, 9.17) is 14.1 Å². The number of likely N-dealkylation sites (tertiary alicyclic amines) is 1. The van der Waals surface area contributed by atoms with Crippen LogP contribution in [0, 0.1) is 6.92 Å². The van der Waals surface area contributed by atoms with Gasteiger partial charge in [0.15, 0.2) is 0 Å². The normalized spacial score (nSPS) is 20.7. The molecule has 30 heavy (non-hydrogen) atoms. The second-order valence-electron chi connectivity index (χ2n) is 7.42. The summed E-state index contributed by atoms with van der Waals surface area (Å²) < 4.78 is 23.5. The number of rotatable bonds is 4. The molecule has 1 aliphatic heterocycles. The molecular formula is C22H25N7O. The van der Waals surface area contributed by atoms with Gasteiger partial charge in [-0.3, -0.25) is 19.7 Å². The van der Waals surface area contributed by atoms with Crippen molar-refractivity contribution in [1.82, 2.24) is 29.8 Å². The molecule has 1 aliphatic rings. The molecule has 0 bridgehead atoms. The molecule has 0 unspecified atom stereocenters. The number of carbonyl (C=O) groups excluding carboxylic acids is 1. The van der Waals surface area contributed by atoms with E-state index in [1.807, 2.05) is 13.0 Å². The number of aromatic nitrogens is 5. The maximum Gasteiger partial charge on any atom is 0.219 e. The van der Waals surface area contributed by atoms with Crippen LogP contribution in [0.25, 0.3) is 11.4 Å². The average molecular weight is 407 g/mol. The first kappa shape index (κ1) is 16.4. The van der Waals surface area contributed by atoms with E-state index in [-0.39, 0.29) is 18.4 Å². The highest BCUT2D eigenvalue weighted by atomic mass is 16.2. The van der Waals surface area contributed by atoms with Crippen LogP contribution in [0.4, 0.5) is 11.5 Å². The number of hydrogen-bond acceptors (Lipinski definition) is 7. The van der Waals surface area contributed by atoms with Gasteiger partial charge in [-0.25, -0.2) is 9.97 Å². The summed E-state index contributed by atoms with van der Waals surface area (Å²) in [5.74, 6) is 0.604. The standard InChI is InChI=1S/C22H25N7O/c1-14-8-18(11-24-10-14)26-21-9-19(20-12-23-6-7-25-20)27-22(28-21)17-5-4-15(2)29(13-17)16(3)30/h6-12,15,17H,4-5,13H2,1-3H3,(H,26,27,28)/t15-,17+/m0/s1/i2D3. The molecule has 3 aromatic heterocycles. The molecule has 1 fully saturated rings. The van der Waals surface area contributed by atoms with Crippen molar-refractivity contribution < 1.29 is 8.91 Å². The predicted octanol–water partition coefficient (Wildman–Crippen LogP) is 3.50. The average Bonchev–Trinajstić information content (AvgIpc) is 2.78. The van der Waals surface area contributed by atoms with Crippen molar-refractivity contribution in [1.29, 1.82) is 0 Å². The molecule has 0 spiro atoms. The Hall–Kier alpha value is -3.42. The summed E-state index contributed by atoms with van der Waals surface area (Å²) >= 11 is 0. The molecule has 8 heteroatoms. The first-order valence-corrected chi connectivity index (χ1v) is 9.82. The van der Waals surface area contributed by atoms with Gasteiger partial charge in [-0.15, -0.1) is 0 Å². The van der Waals surface area contributed by atoms with Crippen LogP contribution in [0.15, 0.2) is 43.1 Å². The van der Waals surface area contributed by atoms with Crippen molar-refractivity contribution in [2.75, 3.05) is 11.9 Å². The number of amides is 1. The smallest absolute Gasteiger partial charge is 0.219 e. The van der Waals surface area contributed by atoms with Gasteiger partial charge < -0.3 is 10.2 Å². The van der Waals surface area contributed by atoms with Crippen molar-refractivity contribution in [2.45, 2.75) is 45.5 Å². The Morgan fingerprint density at radius 2 is 2.03 bits per heavy atom.